The Morgan fingerprint density at radius 1 is 1.48 bits per heavy atom. The summed E-state index contributed by atoms with van der Waals surface area (Å²) in [5.41, 5.74) is 0. The maximum absolute atomic E-state index is 12.1. The lowest BCUT2D eigenvalue weighted by molar-refractivity contribution is -0.143. The van der Waals surface area contributed by atoms with Crippen molar-refractivity contribution in [3.63, 3.8) is 0 Å². The van der Waals surface area contributed by atoms with Gasteiger partial charge in [0.2, 0.25) is 0 Å². The normalized spacial score (nSPS) is 20.6. The summed E-state index contributed by atoms with van der Waals surface area (Å²) in [4.78, 5) is 12.8. The minimum atomic E-state index is -4.18. The molecule has 21 heavy (non-hydrogen) atoms. The molecule has 2 atom stereocenters. The van der Waals surface area contributed by atoms with Gasteiger partial charge in [-0.1, -0.05) is 0 Å². The third kappa shape index (κ3) is 8.11. The summed E-state index contributed by atoms with van der Waals surface area (Å²) >= 11 is 0. The van der Waals surface area contributed by atoms with Crippen LogP contribution in [0.4, 0.5) is 18.0 Å². The van der Waals surface area contributed by atoms with Gasteiger partial charge < -0.3 is 15.4 Å². The summed E-state index contributed by atoms with van der Waals surface area (Å²) in [6.45, 7) is 2.29. The Morgan fingerprint density at radius 2 is 2.19 bits per heavy atom. The number of hydrogen-bond acceptors (Lipinski definition) is 3. The number of halogens is 3. The highest BCUT2D eigenvalue weighted by Crippen LogP contribution is 2.16. The van der Waals surface area contributed by atoms with Gasteiger partial charge in [0, 0.05) is 13.2 Å². The average molecular weight is 311 g/mol. The van der Waals surface area contributed by atoms with Crippen LogP contribution in [0.15, 0.2) is 0 Å². The molecule has 1 rings (SSSR count). The molecular weight excluding hydrogens is 287 g/mol. The van der Waals surface area contributed by atoms with E-state index in [1.165, 1.54) is 11.9 Å². The molecule has 0 spiro atoms. The number of amides is 2. The lowest BCUT2D eigenvalue weighted by Gasteiger charge is -2.21. The lowest BCUT2D eigenvalue weighted by atomic mass is 10.1. The van der Waals surface area contributed by atoms with Gasteiger partial charge in [0.1, 0.15) is 0 Å². The Kier molecular flexibility index (Phi) is 7.24. The zero-order chi connectivity index (χ0) is 15.9. The van der Waals surface area contributed by atoms with Crippen LogP contribution in [-0.2, 0) is 4.74 Å². The van der Waals surface area contributed by atoms with Crippen LogP contribution in [0.2, 0.25) is 0 Å². The average Bonchev–Trinajstić information content (AvgIpc) is 2.86. The van der Waals surface area contributed by atoms with Crippen molar-refractivity contribution in [2.45, 2.75) is 44.5 Å². The second-order valence-electron chi connectivity index (χ2n) is 5.45. The third-order valence-electron chi connectivity index (χ3n) is 3.33. The molecule has 0 radical (unpaired) electrons. The lowest BCUT2D eigenvalue weighted by Crippen LogP contribution is -2.46. The van der Waals surface area contributed by atoms with E-state index in [0.717, 1.165) is 19.4 Å². The van der Waals surface area contributed by atoms with Crippen molar-refractivity contribution in [3.8, 4) is 0 Å². The highest BCUT2D eigenvalue weighted by atomic mass is 19.4. The van der Waals surface area contributed by atoms with Crippen LogP contribution in [0.5, 0.6) is 0 Å². The molecule has 0 aromatic rings. The molecule has 2 N–H and O–H groups in total. The number of ether oxygens (including phenoxy) is 1. The quantitative estimate of drug-likeness (QED) is 0.704. The Bertz CT molecular complexity index is 320. The summed E-state index contributed by atoms with van der Waals surface area (Å²) in [6.07, 6.45) is -1.73. The van der Waals surface area contributed by atoms with Crippen LogP contribution < -0.4 is 10.6 Å². The van der Waals surface area contributed by atoms with E-state index >= 15 is 0 Å². The van der Waals surface area contributed by atoms with Gasteiger partial charge >= 0.3 is 12.2 Å². The molecule has 0 aromatic carbocycles. The highest BCUT2D eigenvalue weighted by Gasteiger charge is 2.28. The van der Waals surface area contributed by atoms with Crippen LogP contribution in [0.1, 0.15) is 26.2 Å². The van der Waals surface area contributed by atoms with Crippen molar-refractivity contribution in [1.29, 1.82) is 0 Å². The predicted molar refractivity (Wildman–Crippen MR) is 73.1 cm³/mol. The molecule has 1 saturated heterocycles. The molecule has 2 amide bonds. The van der Waals surface area contributed by atoms with Gasteiger partial charge in [-0.15, -0.1) is 0 Å². The zero-order valence-corrected chi connectivity index (χ0v) is 12.5. The molecule has 5 nitrogen and oxygen atoms in total. The van der Waals surface area contributed by atoms with E-state index in [-0.39, 0.29) is 24.7 Å². The van der Waals surface area contributed by atoms with Gasteiger partial charge in [0.15, 0.2) is 0 Å². The first-order chi connectivity index (χ1) is 9.78. The molecular formula is C13H24F3N3O2. The second-order valence-corrected chi connectivity index (χ2v) is 5.45. The van der Waals surface area contributed by atoms with Gasteiger partial charge in [0.05, 0.1) is 18.7 Å². The number of carbonyl (C=O) groups is 1. The molecule has 2 unspecified atom stereocenters. The first-order valence-corrected chi connectivity index (χ1v) is 7.19. The van der Waals surface area contributed by atoms with Crippen molar-refractivity contribution in [2.75, 3.05) is 33.3 Å². The third-order valence-corrected chi connectivity index (χ3v) is 3.33. The minimum absolute atomic E-state index is 0.0497. The maximum atomic E-state index is 12.1. The summed E-state index contributed by atoms with van der Waals surface area (Å²) in [6, 6.07) is -0.378. The molecule has 1 aliphatic rings. The second kappa shape index (κ2) is 8.43. The van der Waals surface area contributed by atoms with Gasteiger partial charge in [-0.05, 0) is 39.8 Å². The summed E-state index contributed by atoms with van der Waals surface area (Å²) < 4.78 is 41.8. The summed E-state index contributed by atoms with van der Waals surface area (Å²) in [5.74, 6) is 0. The van der Waals surface area contributed by atoms with E-state index in [1.807, 2.05) is 6.92 Å². The largest absolute Gasteiger partial charge is 0.401 e. The monoisotopic (exact) mass is 311 g/mol. The van der Waals surface area contributed by atoms with Crippen LogP contribution in [-0.4, -0.2) is 62.5 Å². The highest BCUT2D eigenvalue weighted by molar-refractivity contribution is 5.74. The molecule has 1 aliphatic heterocycles. The number of urea groups is 1. The molecule has 1 heterocycles. The summed E-state index contributed by atoms with van der Waals surface area (Å²) in [5, 5.41) is 5.42. The van der Waals surface area contributed by atoms with E-state index in [4.69, 9.17) is 4.74 Å². The van der Waals surface area contributed by atoms with Crippen LogP contribution in [0, 0.1) is 0 Å². The Balaban J connectivity index is 2.07. The van der Waals surface area contributed by atoms with Gasteiger partial charge in [-0.25, -0.2) is 4.79 Å². The molecule has 0 aliphatic carbocycles. The van der Waals surface area contributed by atoms with Crippen LogP contribution >= 0.6 is 0 Å². The molecule has 0 aromatic heterocycles. The molecule has 8 heteroatoms. The van der Waals surface area contributed by atoms with Crippen molar-refractivity contribution < 1.29 is 22.7 Å². The number of nitrogens with one attached hydrogen (secondary N) is 2. The van der Waals surface area contributed by atoms with E-state index in [2.05, 4.69) is 10.6 Å². The van der Waals surface area contributed by atoms with Crippen LogP contribution in [0.3, 0.4) is 0 Å². The Hall–Kier alpha value is -1.02. The molecule has 0 bridgehead atoms. The standard InChI is InChI=1S/C13H24F3N3O2/c1-10(11-5-3-8-21-11)18-12(20)17-6-4-7-19(2)9-13(14,15)16/h10-11H,3-9H2,1-2H3,(H2,17,18,20). The zero-order valence-electron chi connectivity index (χ0n) is 12.5. The predicted octanol–water partition coefficient (Wildman–Crippen LogP) is 1.74. The van der Waals surface area contributed by atoms with Crippen molar-refractivity contribution >= 4 is 6.03 Å². The topological polar surface area (TPSA) is 53.6 Å². The molecule has 0 saturated carbocycles. The van der Waals surface area contributed by atoms with Crippen LogP contribution in [0.25, 0.3) is 0 Å². The van der Waals surface area contributed by atoms with E-state index < -0.39 is 12.7 Å². The van der Waals surface area contributed by atoms with E-state index in [9.17, 15) is 18.0 Å². The smallest absolute Gasteiger partial charge is 0.376 e. The minimum Gasteiger partial charge on any atom is -0.376 e. The molecule has 1 fully saturated rings. The fourth-order valence-electron chi connectivity index (χ4n) is 2.28. The first kappa shape index (κ1) is 18.0. The fourth-order valence-corrected chi connectivity index (χ4v) is 2.28. The first-order valence-electron chi connectivity index (χ1n) is 7.19. The van der Waals surface area contributed by atoms with E-state index in [0.29, 0.717) is 13.0 Å². The number of carbonyl (C=O) groups excluding carboxylic acids is 1. The van der Waals surface area contributed by atoms with Crippen molar-refractivity contribution in [2.24, 2.45) is 0 Å². The number of hydrogen-bond donors (Lipinski definition) is 2. The SMILES string of the molecule is CC(NC(=O)NCCCN(C)CC(F)(F)F)C1CCCO1. The summed E-state index contributed by atoms with van der Waals surface area (Å²) in [7, 11) is 1.41. The van der Waals surface area contributed by atoms with Gasteiger partial charge in [0.25, 0.3) is 0 Å². The molecule has 124 valence electrons. The van der Waals surface area contributed by atoms with Crippen molar-refractivity contribution in [3.05, 3.63) is 0 Å². The number of nitrogens with zero attached hydrogens (tertiary/aromatic N) is 1. The maximum Gasteiger partial charge on any atom is 0.401 e. The Labute approximate surface area is 123 Å². The van der Waals surface area contributed by atoms with Gasteiger partial charge in [-0.3, -0.25) is 4.90 Å². The fraction of sp³-hybridized carbons (Fsp3) is 0.923. The Morgan fingerprint density at radius 3 is 2.76 bits per heavy atom. The van der Waals surface area contributed by atoms with E-state index in [1.54, 1.807) is 0 Å². The van der Waals surface area contributed by atoms with Crippen molar-refractivity contribution in [1.82, 2.24) is 15.5 Å². The number of rotatable bonds is 7. The number of alkyl halides is 3. The van der Waals surface area contributed by atoms with Gasteiger partial charge in [-0.2, -0.15) is 13.2 Å².